The molecule has 19 heavy (non-hydrogen) atoms. The zero-order valence-electron chi connectivity index (χ0n) is 12.0. The van der Waals surface area contributed by atoms with Crippen molar-refractivity contribution < 1.29 is 4.74 Å². The summed E-state index contributed by atoms with van der Waals surface area (Å²) < 4.78 is 5.51. The van der Waals surface area contributed by atoms with Crippen LogP contribution in [0.15, 0.2) is 0 Å². The van der Waals surface area contributed by atoms with Gasteiger partial charge in [-0.05, 0) is 39.0 Å². The van der Waals surface area contributed by atoms with Crippen LogP contribution in [0, 0.1) is 5.92 Å². The summed E-state index contributed by atoms with van der Waals surface area (Å²) in [5.74, 6) is 1.62. The van der Waals surface area contributed by atoms with E-state index in [0.29, 0.717) is 12.0 Å². The summed E-state index contributed by atoms with van der Waals surface area (Å²) >= 11 is 0. The van der Waals surface area contributed by atoms with Crippen LogP contribution in [0.3, 0.4) is 0 Å². The van der Waals surface area contributed by atoms with E-state index in [1.807, 2.05) is 13.8 Å². The lowest BCUT2D eigenvalue weighted by Crippen LogP contribution is -2.27. The highest BCUT2D eigenvalue weighted by atomic mass is 16.5. The highest BCUT2D eigenvalue weighted by Crippen LogP contribution is 2.21. The van der Waals surface area contributed by atoms with Crippen LogP contribution in [0.2, 0.25) is 0 Å². The zero-order chi connectivity index (χ0) is 13.8. The van der Waals surface area contributed by atoms with Crippen LogP contribution in [0.1, 0.15) is 40.0 Å². The summed E-state index contributed by atoms with van der Waals surface area (Å²) in [7, 11) is 0. The van der Waals surface area contributed by atoms with Gasteiger partial charge in [-0.3, -0.25) is 0 Å². The molecule has 1 aliphatic heterocycles. The first-order chi connectivity index (χ1) is 9.04. The van der Waals surface area contributed by atoms with Crippen LogP contribution >= 0.6 is 0 Å². The third kappa shape index (κ3) is 3.94. The number of aromatic nitrogens is 3. The van der Waals surface area contributed by atoms with E-state index in [0.717, 1.165) is 31.8 Å². The molecule has 0 saturated carbocycles. The van der Waals surface area contributed by atoms with Gasteiger partial charge in [0.15, 0.2) is 0 Å². The quantitative estimate of drug-likeness (QED) is 0.899. The summed E-state index contributed by atoms with van der Waals surface area (Å²) in [5, 5.41) is 0. The molecular weight excluding hydrogens is 242 g/mol. The third-order valence-electron chi connectivity index (χ3n) is 3.26. The maximum absolute atomic E-state index is 5.74. The van der Waals surface area contributed by atoms with Crippen LogP contribution < -0.4 is 15.4 Å². The summed E-state index contributed by atoms with van der Waals surface area (Å²) in [6.07, 6.45) is 3.60. The Bertz CT molecular complexity index is 423. The van der Waals surface area contributed by atoms with Crippen LogP contribution in [0.4, 0.5) is 11.9 Å². The number of nitrogens with two attached hydrogens (primary N) is 1. The van der Waals surface area contributed by atoms with Crippen molar-refractivity contribution in [3.63, 3.8) is 0 Å². The molecule has 2 heterocycles. The monoisotopic (exact) mass is 265 g/mol. The fourth-order valence-electron chi connectivity index (χ4n) is 2.23. The molecule has 0 radical (unpaired) electrons. The SMILES string of the molecule is CC1CCCN(c2nc(N)nc(OC(C)C)n2)CC1. The van der Waals surface area contributed by atoms with Crippen LogP contribution in [-0.2, 0) is 0 Å². The molecule has 2 rings (SSSR count). The highest BCUT2D eigenvalue weighted by molar-refractivity contribution is 5.36. The van der Waals surface area contributed by atoms with Crippen LogP contribution in [-0.4, -0.2) is 34.1 Å². The Kier molecular flexibility index (Phi) is 4.39. The van der Waals surface area contributed by atoms with E-state index in [1.54, 1.807) is 0 Å². The molecule has 1 saturated heterocycles. The Morgan fingerprint density at radius 3 is 2.74 bits per heavy atom. The van der Waals surface area contributed by atoms with Gasteiger partial charge >= 0.3 is 6.01 Å². The van der Waals surface area contributed by atoms with Crippen molar-refractivity contribution in [1.29, 1.82) is 0 Å². The Morgan fingerprint density at radius 2 is 2.00 bits per heavy atom. The normalized spacial score (nSPS) is 20.4. The van der Waals surface area contributed by atoms with Crippen LogP contribution in [0.5, 0.6) is 6.01 Å². The van der Waals surface area contributed by atoms with Crippen molar-refractivity contribution in [2.45, 2.75) is 46.1 Å². The molecule has 1 atom stereocenters. The average Bonchev–Trinajstić information content (AvgIpc) is 2.52. The summed E-state index contributed by atoms with van der Waals surface area (Å²) in [4.78, 5) is 14.8. The van der Waals surface area contributed by atoms with Gasteiger partial charge in [0.1, 0.15) is 0 Å². The Labute approximate surface area is 114 Å². The van der Waals surface area contributed by atoms with E-state index in [4.69, 9.17) is 10.5 Å². The summed E-state index contributed by atoms with van der Waals surface area (Å²) in [6.45, 7) is 8.10. The zero-order valence-corrected chi connectivity index (χ0v) is 12.0. The van der Waals surface area contributed by atoms with E-state index in [9.17, 15) is 0 Å². The lowest BCUT2D eigenvalue weighted by atomic mass is 10.0. The first-order valence-electron chi connectivity index (χ1n) is 6.97. The van der Waals surface area contributed by atoms with Crippen LogP contribution in [0.25, 0.3) is 0 Å². The number of ether oxygens (including phenoxy) is 1. The molecule has 1 aliphatic rings. The van der Waals surface area contributed by atoms with Crippen molar-refractivity contribution >= 4 is 11.9 Å². The first-order valence-corrected chi connectivity index (χ1v) is 6.97. The van der Waals surface area contributed by atoms with E-state index in [2.05, 4.69) is 26.8 Å². The van der Waals surface area contributed by atoms with Gasteiger partial charge in [0.2, 0.25) is 11.9 Å². The molecule has 6 nitrogen and oxygen atoms in total. The van der Waals surface area contributed by atoms with Gasteiger partial charge in [-0.2, -0.15) is 15.0 Å². The van der Waals surface area contributed by atoms with Crippen molar-refractivity contribution in [1.82, 2.24) is 15.0 Å². The second kappa shape index (κ2) is 6.04. The minimum Gasteiger partial charge on any atom is -0.461 e. The molecule has 0 aliphatic carbocycles. The van der Waals surface area contributed by atoms with Gasteiger partial charge < -0.3 is 15.4 Å². The minimum atomic E-state index is 0.0267. The topological polar surface area (TPSA) is 77.2 Å². The number of nitrogen functional groups attached to an aromatic ring is 1. The van der Waals surface area contributed by atoms with Gasteiger partial charge in [-0.15, -0.1) is 0 Å². The van der Waals surface area contributed by atoms with Gasteiger partial charge in [-0.1, -0.05) is 6.92 Å². The fraction of sp³-hybridized carbons (Fsp3) is 0.769. The van der Waals surface area contributed by atoms with E-state index < -0.39 is 0 Å². The molecular formula is C13H23N5O. The second-order valence-corrected chi connectivity index (χ2v) is 5.47. The smallest absolute Gasteiger partial charge is 0.323 e. The Morgan fingerprint density at radius 1 is 1.21 bits per heavy atom. The number of hydrogen-bond acceptors (Lipinski definition) is 6. The number of anilines is 2. The van der Waals surface area contributed by atoms with Crippen molar-refractivity contribution in [2.24, 2.45) is 5.92 Å². The van der Waals surface area contributed by atoms with E-state index >= 15 is 0 Å². The van der Waals surface area contributed by atoms with E-state index in [1.165, 1.54) is 6.42 Å². The van der Waals surface area contributed by atoms with Gasteiger partial charge in [0, 0.05) is 13.1 Å². The maximum atomic E-state index is 5.74. The highest BCUT2D eigenvalue weighted by Gasteiger charge is 2.18. The molecule has 1 aromatic rings. The largest absolute Gasteiger partial charge is 0.461 e. The third-order valence-corrected chi connectivity index (χ3v) is 3.26. The molecule has 106 valence electrons. The lowest BCUT2D eigenvalue weighted by molar-refractivity contribution is 0.222. The first kappa shape index (κ1) is 13.8. The standard InChI is InChI=1S/C13H23N5O/c1-9(2)19-13-16-11(14)15-12(17-13)18-7-4-5-10(3)6-8-18/h9-10H,4-8H2,1-3H3,(H2,14,15,16,17). The molecule has 0 bridgehead atoms. The maximum Gasteiger partial charge on any atom is 0.323 e. The van der Waals surface area contributed by atoms with Crippen molar-refractivity contribution in [3.8, 4) is 6.01 Å². The second-order valence-electron chi connectivity index (χ2n) is 5.47. The predicted octanol–water partition coefficient (Wildman–Crippen LogP) is 1.87. The van der Waals surface area contributed by atoms with E-state index in [-0.39, 0.29) is 12.1 Å². The summed E-state index contributed by atoms with van der Waals surface area (Å²) in [6, 6.07) is 0.315. The lowest BCUT2D eigenvalue weighted by Gasteiger charge is -2.20. The predicted molar refractivity (Wildman–Crippen MR) is 75.2 cm³/mol. The van der Waals surface area contributed by atoms with Crippen molar-refractivity contribution in [2.75, 3.05) is 23.7 Å². The molecule has 6 heteroatoms. The van der Waals surface area contributed by atoms with Crippen molar-refractivity contribution in [3.05, 3.63) is 0 Å². The molecule has 1 unspecified atom stereocenters. The Balaban J connectivity index is 2.16. The number of hydrogen-bond donors (Lipinski definition) is 1. The molecule has 0 spiro atoms. The Hall–Kier alpha value is -1.59. The molecule has 2 N–H and O–H groups in total. The van der Waals surface area contributed by atoms with Gasteiger partial charge in [-0.25, -0.2) is 0 Å². The molecule has 0 amide bonds. The number of nitrogens with zero attached hydrogens (tertiary/aromatic N) is 4. The minimum absolute atomic E-state index is 0.0267. The van der Waals surface area contributed by atoms with Gasteiger partial charge in [0.25, 0.3) is 0 Å². The fourth-order valence-corrected chi connectivity index (χ4v) is 2.23. The number of rotatable bonds is 3. The molecule has 0 aromatic carbocycles. The average molecular weight is 265 g/mol. The van der Waals surface area contributed by atoms with Gasteiger partial charge in [0.05, 0.1) is 6.10 Å². The molecule has 1 fully saturated rings. The summed E-state index contributed by atoms with van der Waals surface area (Å²) in [5.41, 5.74) is 5.74. The molecule has 1 aromatic heterocycles.